The van der Waals surface area contributed by atoms with E-state index in [9.17, 15) is 8.78 Å². The van der Waals surface area contributed by atoms with Gasteiger partial charge in [0.25, 0.3) is 0 Å². The lowest BCUT2D eigenvalue weighted by molar-refractivity contribution is 0.115. The zero-order valence-electron chi connectivity index (χ0n) is 18.9. The van der Waals surface area contributed by atoms with Crippen molar-refractivity contribution < 1.29 is 13.5 Å². The summed E-state index contributed by atoms with van der Waals surface area (Å²) in [6.07, 6.45) is 11.5. The minimum Gasteiger partial charge on any atom is -0.497 e. The molecule has 0 radical (unpaired) electrons. The summed E-state index contributed by atoms with van der Waals surface area (Å²) in [7, 11) is 1.59. The fraction of sp³-hybridized carbons (Fsp3) is 0.448. The molecule has 0 saturated heterocycles. The predicted octanol–water partition coefficient (Wildman–Crippen LogP) is 7.64. The van der Waals surface area contributed by atoms with Crippen LogP contribution in [-0.2, 0) is 0 Å². The number of allylic oxidation sites excluding steroid dienone is 1. The van der Waals surface area contributed by atoms with Gasteiger partial charge >= 0.3 is 0 Å². The van der Waals surface area contributed by atoms with Crippen LogP contribution in [0.5, 0.6) is 5.75 Å². The second-order valence-corrected chi connectivity index (χ2v) is 9.41. The monoisotopic (exact) mass is 434 g/mol. The molecule has 0 heterocycles. The van der Waals surface area contributed by atoms with Gasteiger partial charge < -0.3 is 4.74 Å². The topological polar surface area (TPSA) is 9.23 Å². The number of benzene rings is 2. The van der Waals surface area contributed by atoms with Gasteiger partial charge in [-0.05, 0) is 111 Å². The summed E-state index contributed by atoms with van der Waals surface area (Å²) in [6, 6.07) is 10.1. The smallest absolute Gasteiger partial charge is 0.142 e. The summed E-state index contributed by atoms with van der Waals surface area (Å²) >= 11 is 0. The fourth-order valence-corrected chi connectivity index (χ4v) is 5.66. The van der Waals surface area contributed by atoms with Crippen molar-refractivity contribution >= 4 is 0 Å². The molecular formula is C29H32F2O. The fourth-order valence-electron chi connectivity index (χ4n) is 5.66. The predicted molar refractivity (Wildman–Crippen MR) is 126 cm³/mol. The third-order valence-electron chi connectivity index (χ3n) is 7.46. The summed E-state index contributed by atoms with van der Waals surface area (Å²) in [5.74, 6) is 7.68. The van der Waals surface area contributed by atoms with Crippen molar-refractivity contribution in [3.05, 3.63) is 77.4 Å². The van der Waals surface area contributed by atoms with Crippen molar-refractivity contribution in [2.75, 3.05) is 7.11 Å². The minimum absolute atomic E-state index is 0.152. The highest BCUT2D eigenvalue weighted by molar-refractivity contribution is 5.46. The molecule has 4 rings (SSSR count). The van der Waals surface area contributed by atoms with Crippen molar-refractivity contribution in [1.82, 2.24) is 0 Å². The number of rotatable bonds is 5. The molecule has 2 fully saturated rings. The average Bonchev–Trinajstić information content (AvgIpc) is 2.82. The molecule has 0 aromatic heterocycles. The van der Waals surface area contributed by atoms with Gasteiger partial charge in [0, 0.05) is 5.56 Å². The molecule has 2 aliphatic carbocycles. The second-order valence-electron chi connectivity index (χ2n) is 9.41. The molecule has 2 aliphatic rings. The Morgan fingerprint density at radius 3 is 2.34 bits per heavy atom. The molecule has 3 heteroatoms. The quantitative estimate of drug-likeness (QED) is 0.347. The highest BCUT2D eigenvalue weighted by atomic mass is 19.1. The van der Waals surface area contributed by atoms with Gasteiger partial charge in [0.2, 0.25) is 0 Å². The van der Waals surface area contributed by atoms with Gasteiger partial charge in [-0.25, -0.2) is 8.78 Å². The first-order valence-electron chi connectivity index (χ1n) is 11.8. The van der Waals surface area contributed by atoms with Gasteiger partial charge in [-0.2, -0.15) is 0 Å². The number of halogens is 2. The van der Waals surface area contributed by atoms with E-state index in [1.807, 2.05) is 6.08 Å². The molecule has 0 bridgehead atoms. The molecule has 0 aliphatic heterocycles. The average molecular weight is 435 g/mol. The maximum absolute atomic E-state index is 14.8. The highest BCUT2D eigenvalue weighted by Gasteiger charge is 2.36. The van der Waals surface area contributed by atoms with Gasteiger partial charge in [0.05, 0.1) is 12.7 Å². The van der Waals surface area contributed by atoms with E-state index >= 15 is 0 Å². The number of hydrogen-bond acceptors (Lipinski definition) is 1. The van der Waals surface area contributed by atoms with Crippen LogP contribution in [0.4, 0.5) is 8.78 Å². The van der Waals surface area contributed by atoms with E-state index < -0.39 is 11.6 Å². The van der Waals surface area contributed by atoms with Crippen molar-refractivity contribution in [3.8, 4) is 17.6 Å². The molecule has 1 nitrogen and oxygen atoms in total. The Bertz CT molecular complexity index is 975. The molecule has 4 unspecified atom stereocenters. The molecule has 4 atom stereocenters. The molecule has 0 amide bonds. The zero-order valence-corrected chi connectivity index (χ0v) is 18.9. The Hall–Kier alpha value is -2.60. The van der Waals surface area contributed by atoms with E-state index in [1.54, 1.807) is 31.4 Å². The van der Waals surface area contributed by atoms with Gasteiger partial charge in [-0.15, -0.1) is 6.58 Å². The van der Waals surface area contributed by atoms with Crippen LogP contribution in [0, 0.1) is 41.2 Å². The summed E-state index contributed by atoms with van der Waals surface area (Å²) in [6.45, 7) is 3.85. The van der Waals surface area contributed by atoms with Gasteiger partial charge in [0.15, 0.2) is 0 Å². The van der Waals surface area contributed by atoms with Crippen LogP contribution >= 0.6 is 0 Å². The lowest BCUT2D eigenvalue weighted by Crippen LogP contribution is -2.30. The second kappa shape index (κ2) is 10.3. The first-order valence-corrected chi connectivity index (χ1v) is 11.8. The number of methoxy groups -OCH3 is 1. The molecule has 168 valence electrons. The molecule has 2 aromatic rings. The van der Waals surface area contributed by atoms with E-state index in [0.29, 0.717) is 11.5 Å². The van der Waals surface area contributed by atoms with Crippen molar-refractivity contribution in [3.63, 3.8) is 0 Å². The Balaban J connectivity index is 1.44. The summed E-state index contributed by atoms with van der Waals surface area (Å²) in [4.78, 5) is 0. The standard InChI is InChI=1S/C29H32F2O/c1-3-4-5-21-6-10-23-17-24(12-11-22(23)16-21)25-18-28(30)27(29(31)19-25)15-9-20-7-13-26(32-2)14-8-20/h3,7-8,13-14,18-19,21-24H,1,4-6,10-12,16-17H2,2H3. The van der Waals surface area contributed by atoms with E-state index in [4.69, 9.17) is 4.74 Å². The third kappa shape index (κ3) is 5.23. The maximum atomic E-state index is 14.8. The first-order chi connectivity index (χ1) is 15.6. The zero-order chi connectivity index (χ0) is 22.5. The normalized spacial score (nSPS) is 24.7. The van der Waals surface area contributed by atoms with Crippen LogP contribution in [-0.4, -0.2) is 7.11 Å². The summed E-state index contributed by atoms with van der Waals surface area (Å²) < 4.78 is 34.8. The van der Waals surface area contributed by atoms with Crippen molar-refractivity contribution in [2.24, 2.45) is 17.8 Å². The molecule has 0 N–H and O–H groups in total. The van der Waals surface area contributed by atoms with E-state index in [1.165, 1.54) is 44.2 Å². The van der Waals surface area contributed by atoms with Crippen LogP contribution in [0.2, 0.25) is 0 Å². The van der Waals surface area contributed by atoms with E-state index in [0.717, 1.165) is 42.4 Å². The highest BCUT2D eigenvalue weighted by Crippen LogP contribution is 2.48. The van der Waals surface area contributed by atoms with Crippen LogP contribution in [0.15, 0.2) is 49.1 Å². The van der Waals surface area contributed by atoms with Crippen LogP contribution in [0.3, 0.4) is 0 Å². The van der Waals surface area contributed by atoms with Gasteiger partial charge in [-0.3, -0.25) is 0 Å². The largest absolute Gasteiger partial charge is 0.497 e. The van der Waals surface area contributed by atoms with E-state index in [2.05, 4.69) is 18.4 Å². The van der Waals surface area contributed by atoms with Crippen molar-refractivity contribution in [1.29, 1.82) is 0 Å². The van der Waals surface area contributed by atoms with E-state index in [-0.39, 0.29) is 11.5 Å². The number of hydrogen-bond donors (Lipinski definition) is 0. The van der Waals surface area contributed by atoms with Gasteiger partial charge in [0.1, 0.15) is 17.4 Å². The molecule has 0 spiro atoms. The van der Waals surface area contributed by atoms with Gasteiger partial charge in [-0.1, -0.05) is 24.3 Å². The molecule has 2 aromatic carbocycles. The van der Waals surface area contributed by atoms with Crippen LogP contribution < -0.4 is 4.74 Å². The molecule has 2 saturated carbocycles. The van der Waals surface area contributed by atoms with Crippen molar-refractivity contribution in [2.45, 2.75) is 57.3 Å². The lowest BCUT2D eigenvalue weighted by Gasteiger charge is -2.42. The maximum Gasteiger partial charge on any atom is 0.142 e. The number of ether oxygens (including phenoxy) is 1. The Morgan fingerprint density at radius 1 is 0.969 bits per heavy atom. The minimum atomic E-state index is -0.559. The summed E-state index contributed by atoms with van der Waals surface area (Å²) in [5.41, 5.74) is 1.33. The Morgan fingerprint density at radius 2 is 1.66 bits per heavy atom. The SMILES string of the molecule is C=CCCC1CCC2CC(c3cc(F)c(C#Cc4ccc(OC)cc4)c(F)c3)CCC2C1. The number of fused-ring (bicyclic) bond motifs is 1. The third-order valence-corrected chi connectivity index (χ3v) is 7.46. The van der Waals surface area contributed by atoms with Crippen LogP contribution in [0.1, 0.15) is 74.0 Å². The summed E-state index contributed by atoms with van der Waals surface area (Å²) in [5, 5.41) is 0. The molecular weight excluding hydrogens is 402 g/mol. The Kier molecular flexibility index (Phi) is 7.30. The molecule has 32 heavy (non-hydrogen) atoms. The lowest BCUT2D eigenvalue weighted by atomic mass is 9.63. The van der Waals surface area contributed by atoms with Crippen LogP contribution in [0.25, 0.3) is 0 Å². The first kappa shape index (κ1) is 22.6. The Labute approximate surface area is 190 Å².